The molecule has 0 aliphatic carbocycles. The molecule has 0 saturated heterocycles. The Balaban J connectivity index is 1.85. The number of benzene rings is 3. The molecule has 3 rings (SSSR count). The minimum absolute atomic E-state index is 0.0354. The Morgan fingerprint density at radius 1 is 1.24 bits per heavy atom. The minimum Gasteiger partial charge on any atom is -0.488 e. The van der Waals surface area contributed by atoms with Crippen molar-refractivity contribution in [2.75, 3.05) is 5.32 Å². The van der Waals surface area contributed by atoms with Gasteiger partial charge in [0.2, 0.25) is 0 Å². The zero-order chi connectivity index (χ0) is 24.0. The Kier molecular flexibility index (Phi) is 7.83. The zero-order valence-electron chi connectivity index (χ0n) is 17.3. The lowest BCUT2D eigenvalue weighted by molar-refractivity contribution is -0.384. The van der Waals surface area contributed by atoms with Crippen molar-refractivity contribution < 1.29 is 14.5 Å². The summed E-state index contributed by atoms with van der Waals surface area (Å²) in [6.07, 6.45) is 1.42. The molecule has 0 aliphatic rings. The molecule has 0 spiro atoms. The lowest BCUT2D eigenvalue weighted by Gasteiger charge is -2.11. The second kappa shape index (κ2) is 10.8. The van der Waals surface area contributed by atoms with Crippen LogP contribution in [0, 0.1) is 28.4 Å². The summed E-state index contributed by atoms with van der Waals surface area (Å²) < 4.78 is 6.57. The maximum atomic E-state index is 12.7. The molecule has 0 saturated carbocycles. The first kappa shape index (κ1) is 24.0. The molecule has 0 aromatic heterocycles. The number of hydrogen-bond donors (Lipinski definition) is 1. The number of nitriles is 1. The van der Waals surface area contributed by atoms with Gasteiger partial charge in [-0.1, -0.05) is 45.7 Å². The van der Waals surface area contributed by atoms with Crippen LogP contribution in [0.1, 0.15) is 16.7 Å². The second-order valence-electron chi connectivity index (χ2n) is 6.93. The summed E-state index contributed by atoms with van der Waals surface area (Å²) in [5, 5.41) is 23.8. The lowest BCUT2D eigenvalue weighted by Crippen LogP contribution is -2.14. The van der Waals surface area contributed by atoms with Gasteiger partial charge < -0.3 is 10.1 Å². The highest BCUT2D eigenvalue weighted by atomic mass is 79.9. The highest BCUT2D eigenvalue weighted by molar-refractivity contribution is 9.10. The van der Waals surface area contributed by atoms with Gasteiger partial charge in [-0.3, -0.25) is 14.9 Å². The Morgan fingerprint density at radius 2 is 2.00 bits per heavy atom. The molecule has 3 aromatic carbocycles. The van der Waals surface area contributed by atoms with E-state index >= 15 is 0 Å². The summed E-state index contributed by atoms with van der Waals surface area (Å²) in [5.41, 5.74) is 2.12. The Bertz CT molecular complexity index is 1300. The second-order valence-corrected chi connectivity index (χ2v) is 8.26. The number of rotatable bonds is 7. The van der Waals surface area contributed by atoms with Gasteiger partial charge in [0.05, 0.1) is 4.92 Å². The first-order valence-corrected chi connectivity index (χ1v) is 10.8. The van der Waals surface area contributed by atoms with Crippen LogP contribution in [0.4, 0.5) is 11.4 Å². The highest BCUT2D eigenvalue weighted by Gasteiger charge is 2.14. The van der Waals surface area contributed by atoms with Crippen LogP contribution in [0.3, 0.4) is 0 Å². The Hall–Kier alpha value is -3.67. The van der Waals surface area contributed by atoms with Gasteiger partial charge in [-0.2, -0.15) is 5.26 Å². The smallest absolute Gasteiger partial charge is 0.269 e. The summed E-state index contributed by atoms with van der Waals surface area (Å²) in [7, 11) is 0. The van der Waals surface area contributed by atoms with Gasteiger partial charge in [0, 0.05) is 32.9 Å². The number of halogens is 2. The molecule has 1 N–H and O–H groups in total. The van der Waals surface area contributed by atoms with Crippen LogP contribution in [0.25, 0.3) is 6.08 Å². The van der Waals surface area contributed by atoms with Gasteiger partial charge in [-0.25, -0.2) is 0 Å². The molecule has 0 radical (unpaired) electrons. The number of anilines is 1. The molecule has 0 fully saturated rings. The predicted octanol–water partition coefficient (Wildman–Crippen LogP) is 6.44. The zero-order valence-corrected chi connectivity index (χ0v) is 19.7. The van der Waals surface area contributed by atoms with Crippen molar-refractivity contribution in [2.45, 2.75) is 13.5 Å². The summed E-state index contributed by atoms with van der Waals surface area (Å²) in [6.45, 7) is 1.84. The van der Waals surface area contributed by atoms with Crippen LogP contribution in [-0.4, -0.2) is 10.8 Å². The van der Waals surface area contributed by atoms with E-state index in [2.05, 4.69) is 21.2 Å². The third-order valence-corrected chi connectivity index (χ3v) is 5.57. The van der Waals surface area contributed by atoms with Gasteiger partial charge in [0.25, 0.3) is 11.6 Å². The fourth-order valence-electron chi connectivity index (χ4n) is 2.92. The summed E-state index contributed by atoms with van der Waals surface area (Å²) >= 11 is 9.48. The number of nitro benzene ring substituents is 1. The molecule has 3 aromatic rings. The van der Waals surface area contributed by atoms with Gasteiger partial charge in [0.15, 0.2) is 0 Å². The molecular formula is C24H17BrClN3O4. The van der Waals surface area contributed by atoms with E-state index in [1.807, 2.05) is 6.07 Å². The van der Waals surface area contributed by atoms with E-state index in [9.17, 15) is 20.2 Å². The van der Waals surface area contributed by atoms with Gasteiger partial charge in [-0.05, 0) is 54.5 Å². The molecule has 9 heteroatoms. The maximum Gasteiger partial charge on any atom is 0.269 e. The number of carbonyl (C=O) groups is 1. The van der Waals surface area contributed by atoms with Crippen LogP contribution in [0.2, 0.25) is 5.02 Å². The van der Waals surface area contributed by atoms with E-state index in [1.54, 1.807) is 55.5 Å². The molecule has 33 heavy (non-hydrogen) atoms. The molecule has 7 nitrogen and oxygen atoms in total. The maximum absolute atomic E-state index is 12.7. The van der Waals surface area contributed by atoms with E-state index in [0.29, 0.717) is 33.1 Å². The monoisotopic (exact) mass is 525 g/mol. The predicted molar refractivity (Wildman–Crippen MR) is 130 cm³/mol. The quantitative estimate of drug-likeness (QED) is 0.165. The number of nitro groups is 1. The number of amides is 1. The Morgan fingerprint density at radius 3 is 2.73 bits per heavy atom. The van der Waals surface area contributed by atoms with Crippen molar-refractivity contribution in [1.29, 1.82) is 5.26 Å². The molecule has 1 amide bonds. The molecule has 0 heterocycles. The first-order valence-electron chi connectivity index (χ1n) is 9.62. The van der Waals surface area contributed by atoms with Gasteiger partial charge in [-0.15, -0.1) is 0 Å². The van der Waals surface area contributed by atoms with E-state index in [1.165, 1.54) is 18.2 Å². The summed E-state index contributed by atoms with van der Waals surface area (Å²) in [6, 6.07) is 18.3. The minimum atomic E-state index is -0.590. The van der Waals surface area contributed by atoms with Crippen molar-refractivity contribution in [3.63, 3.8) is 0 Å². The van der Waals surface area contributed by atoms with Crippen LogP contribution < -0.4 is 10.1 Å². The van der Waals surface area contributed by atoms with E-state index in [4.69, 9.17) is 16.3 Å². The number of hydrogen-bond acceptors (Lipinski definition) is 5. The fourth-order valence-corrected chi connectivity index (χ4v) is 3.47. The van der Waals surface area contributed by atoms with Crippen molar-refractivity contribution in [3.05, 3.63) is 103 Å². The van der Waals surface area contributed by atoms with Crippen molar-refractivity contribution >= 4 is 50.9 Å². The van der Waals surface area contributed by atoms with Crippen LogP contribution in [-0.2, 0) is 11.4 Å². The third kappa shape index (κ3) is 6.19. The summed E-state index contributed by atoms with van der Waals surface area (Å²) in [4.78, 5) is 23.2. The van der Waals surface area contributed by atoms with Crippen molar-refractivity contribution in [1.82, 2.24) is 0 Å². The number of nitrogens with zero attached hydrogens (tertiary/aromatic N) is 2. The topological polar surface area (TPSA) is 105 Å². The van der Waals surface area contributed by atoms with Crippen LogP contribution >= 0.6 is 27.5 Å². The standard InChI is InChI=1S/C24H17BrClN3O4/c1-15-21(26)6-3-7-22(15)28-24(30)18(13-27)11-17-12-19(25)8-9-23(17)33-14-16-4-2-5-20(10-16)29(31)32/h2-12H,14H2,1H3,(H,28,30)/b18-11-. The average Bonchev–Trinajstić information content (AvgIpc) is 2.80. The number of carbonyl (C=O) groups excluding carboxylic acids is 1. The number of non-ortho nitro benzene ring substituents is 1. The molecular weight excluding hydrogens is 510 g/mol. The highest BCUT2D eigenvalue weighted by Crippen LogP contribution is 2.28. The summed E-state index contributed by atoms with van der Waals surface area (Å²) in [5.74, 6) is -0.184. The first-order chi connectivity index (χ1) is 15.8. The lowest BCUT2D eigenvalue weighted by atomic mass is 10.1. The van der Waals surface area contributed by atoms with Crippen molar-refractivity contribution in [3.8, 4) is 11.8 Å². The number of nitrogens with one attached hydrogen (secondary N) is 1. The molecule has 0 unspecified atom stereocenters. The SMILES string of the molecule is Cc1c(Cl)cccc1NC(=O)/C(C#N)=C\c1cc(Br)ccc1OCc1cccc([N+](=O)[O-])c1. The fraction of sp³-hybridized carbons (Fsp3) is 0.0833. The van der Waals surface area contributed by atoms with E-state index in [0.717, 1.165) is 4.47 Å². The molecule has 0 bridgehead atoms. The third-order valence-electron chi connectivity index (χ3n) is 4.67. The van der Waals surface area contributed by atoms with E-state index in [-0.39, 0.29) is 17.9 Å². The van der Waals surface area contributed by atoms with Gasteiger partial charge >= 0.3 is 0 Å². The van der Waals surface area contributed by atoms with Gasteiger partial charge in [0.1, 0.15) is 24.0 Å². The van der Waals surface area contributed by atoms with Crippen LogP contribution in [0.15, 0.2) is 70.7 Å². The van der Waals surface area contributed by atoms with Crippen LogP contribution in [0.5, 0.6) is 5.75 Å². The Labute approximate surface area is 203 Å². The largest absolute Gasteiger partial charge is 0.488 e. The number of ether oxygens (including phenoxy) is 1. The molecule has 0 aliphatic heterocycles. The molecule has 166 valence electrons. The normalized spacial score (nSPS) is 10.9. The van der Waals surface area contributed by atoms with Crippen molar-refractivity contribution in [2.24, 2.45) is 0 Å². The van der Waals surface area contributed by atoms with E-state index < -0.39 is 10.8 Å². The molecule has 0 atom stereocenters. The average molecular weight is 527 g/mol.